The molecule has 2 aliphatic rings. The Balaban J connectivity index is 1.63. The first-order valence-corrected chi connectivity index (χ1v) is 8.77. The van der Waals surface area contributed by atoms with Crippen molar-refractivity contribution in [2.75, 3.05) is 16.8 Å². The van der Waals surface area contributed by atoms with Crippen LogP contribution in [-0.4, -0.2) is 26.0 Å². The molecule has 0 unspecified atom stereocenters. The van der Waals surface area contributed by atoms with Crippen LogP contribution in [0.5, 0.6) is 0 Å². The highest BCUT2D eigenvalue weighted by Gasteiger charge is 2.56. The minimum absolute atomic E-state index is 0.114. The molecule has 19 heavy (non-hydrogen) atoms. The van der Waals surface area contributed by atoms with Crippen LogP contribution in [-0.2, 0) is 9.84 Å². The molecule has 4 heteroatoms. The number of benzene rings is 1. The van der Waals surface area contributed by atoms with Crippen molar-refractivity contribution in [2.45, 2.75) is 38.6 Å². The number of hydrogen-bond acceptors (Lipinski definition) is 3. The van der Waals surface area contributed by atoms with Gasteiger partial charge in [-0.3, -0.25) is 0 Å². The standard InChI is InChI=1S/C15H21NO2S/c1-11(2)13-5-3-4-6-14(13)16-12-7-15(8-12)9-19(17,18)10-15/h3-6,11-12,16H,7-10H2,1-2H3. The van der Waals surface area contributed by atoms with Crippen molar-refractivity contribution in [1.29, 1.82) is 0 Å². The first-order valence-electron chi connectivity index (χ1n) is 6.95. The van der Waals surface area contributed by atoms with Crippen molar-refractivity contribution in [3.63, 3.8) is 0 Å². The van der Waals surface area contributed by atoms with Gasteiger partial charge in [0.05, 0.1) is 11.5 Å². The molecule has 1 heterocycles. The fourth-order valence-corrected chi connectivity index (χ4v) is 5.82. The molecule has 0 amide bonds. The van der Waals surface area contributed by atoms with E-state index in [0.717, 1.165) is 12.8 Å². The lowest BCUT2D eigenvalue weighted by molar-refractivity contribution is 0.153. The topological polar surface area (TPSA) is 46.2 Å². The summed E-state index contributed by atoms with van der Waals surface area (Å²) in [6.45, 7) is 4.39. The van der Waals surface area contributed by atoms with Crippen LogP contribution in [0.3, 0.4) is 0 Å². The molecule has 0 bridgehead atoms. The van der Waals surface area contributed by atoms with Crippen LogP contribution in [0.4, 0.5) is 5.69 Å². The number of nitrogens with one attached hydrogen (secondary N) is 1. The van der Waals surface area contributed by atoms with Gasteiger partial charge >= 0.3 is 0 Å². The molecule has 0 atom stereocenters. The van der Waals surface area contributed by atoms with E-state index in [-0.39, 0.29) is 5.41 Å². The fourth-order valence-electron chi connectivity index (χ4n) is 3.57. The number of anilines is 1. The predicted octanol–water partition coefficient (Wildman–Crippen LogP) is 2.80. The van der Waals surface area contributed by atoms with Gasteiger partial charge in [0.2, 0.25) is 0 Å². The number of hydrogen-bond donors (Lipinski definition) is 1. The molecule has 1 N–H and O–H groups in total. The highest BCUT2D eigenvalue weighted by Crippen LogP contribution is 2.50. The van der Waals surface area contributed by atoms with E-state index >= 15 is 0 Å². The number of sulfone groups is 1. The van der Waals surface area contributed by atoms with Crippen LogP contribution >= 0.6 is 0 Å². The molecule has 0 radical (unpaired) electrons. The van der Waals surface area contributed by atoms with Crippen LogP contribution in [0.1, 0.15) is 38.2 Å². The first-order chi connectivity index (χ1) is 8.89. The maximum absolute atomic E-state index is 11.3. The Morgan fingerprint density at radius 2 is 1.84 bits per heavy atom. The van der Waals surface area contributed by atoms with Crippen LogP contribution in [0.25, 0.3) is 0 Å². The molecule has 3 rings (SSSR count). The smallest absolute Gasteiger partial charge is 0.151 e. The summed E-state index contributed by atoms with van der Waals surface area (Å²) in [5, 5.41) is 3.58. The van der Waals surface area contributed by atoms with Crippen molar-refractivity contribution in [3.8, 4) is 0 Å². The summed E-state index contributed by atoms with van der Waals surface area (Å²) < 4.78 is 22.6. The van der Waals surface area contributed by atoms with Crippen LogP contribution in [0.2, 0.25) is 0 Å². The van der Waals surface area contributed by atoms with Gasteiger partial charge in [0.15, 0.2) is 9.84 Å². The first kappa shape index (κ1) is 13.0. The molecule has 1 spiro atoms. The molecule has 1 aromatic rings. The summed E-state index contributed by atoms with van der Waals surface area (Å²) in [5.41, 5.74) is 2.66. The second-order valence-corrected chi connectivity index (χ2v) is 8.59. The van der Waals surface area contributed by atoms with E-state index in [0.29, 0.717) is 23.5 Å². The van der Waals surface area contributed by atoms with E-state index in [4.69, 9.17) is 0 Å². The Morgan fingerprint density at radius 3 is 2.42 bits per heavy atom. The van der Waals surface area contributed by atoms with Gasteiger partial charge in [0, 0.05) is 17.1 Å². The Hall–Kier alpha value is -1.03. The van der Waals surface area contributed by atoms with E-state index < -0.39 is 9.84 Å². The Bertz CT molecular complexity index is 572. The summed E-state index contributed by atoms with van der Waals surface area (Å²) in [7, 11) is -2.70. The van der Waals surface area contributed by atoms with Crippen molar-refractivity contribution in [2.24, 2.45) is 5.41 Å². The fraction of sp³-hybridized carbons (Fsp3) is 0.600. The van der Waals surface area contributed by atoms with Gasteiger partial charge in [-0.1, -0.05) is 32.0 Å². The minimum Gasteiger partial charge on any atom is -0.382 e. The van der Waals surface area contributed by atoms with E-state index in [9.17, 15) is 8.42 Å². The van der Waals surface area contributed by atoms with Gasteiger partial charge in [-0.2, -0.15) is 0 Å². The minimum atomic E-state index is -2.70. The summed E-state index contributed by atoms with van der Waals surface area (Å²) in [6, 6.07) is 8.85. The number of para-hydroxylation sites is 1. The molecule has 1 aliphatic carbocycles. The lowest BCUT2D eigenvalue weighted by Gasteiger charge is -2.53. The second-order valence-electron chi connectivity index (χ2n) is 6.52. The molecule has 2 fully saturated rings. The lowest BCUT2D eigenvalue weighted by Crippen LogP contribution is -2.59. The molecule has 0 aromatic heterocycles. The van der Waals surface area contributed by atoms with Crippen LogP contribution < -0.4 is 5.32 Å². The van der Waals surface area contributed by atoms with Crippen molar-refractivity contribution in [1.82, 2.24) is 0 Å². The Morgan fingerprint density at radius 1 is 1.21 bits per heavy atom. The normalized spacial score (nSPS) is 23.9. The molecule has 3 nitrogen and oxygen atoms in total. The van der Waals surface area contributed by atoms with Crippen LogP contribution in [0, 0.1) is 5.41 Å². The molecule has 1 aliphatic heterocycles. The Kier molecular flexibility index (Phi) is 2.89. The summed E-state index contributed by atoms with van der Waals surface area (Å²) in [5.74, 6) is 1.32. The summed E-state index contributed by atoms with van der Waals surface area (Å²) in [4.78, 5) is 0. The number of rotatable bonds is 3. The molecule has 1 saturated carbocycles. The van der Waals surface area contributed by atoms with Gasteiger partial charge < -0.3 is 5.32 Å². The zero-order valence-corrected chi connectivity index (χ0v) is 12.3. The zero-order chi connectivity index (χ0) is 13.7. The van der Waals surface area contributed by atoms with Gasteiger partial charge in [-0.15, -0.1) is 0 Å². The molecular formula is C15H21NO2S. The molecule has 104 valence electrons. The van der Waals surface area contributed by atoms with E-state index in [1.807, 2.05) is 0 Å². The van der Waals surface area contributed by atoms with Crippen LogP contribution in [0.15, 0.2) is 24.3 Å². The third-order valence-electron chi connectivity index (χ3n) is 4.35. The van der Waals surface area contributed by atoms with E-state index in [2.05, 4.69) is 43.4 Å². The monoisotopic (exact) mass is 279 g/mol. The van der Waals surface area contributed by atoms with Gasteiger partial charge in [0.25, 0.3) is 0 Å². The van der Waals surface area contributed by atoms with Gasteiger partial charge in [-0.25, -0.2) is 8.42 Å². The van der Waals surface area contributed by atoms with Crippen molar-refractivity contribution >= 4 is 15.5 Å². The van der Waals surface area contributed by atoms with E-state index in [1.165, 1.54) is 11.3 Å². The summed E-state index contributed by atoms with van der Waals surface area (Å²) in [6.07, 6.45) is 2.00. The Labute approximate surface area is 115 Å². The average Bonchev–Trinajstić information content (AvgIpc) is 2.24. The van der Waals surface area contributed by atoms with E-state index in [1.54, 1.807) is 0 Å². The lowest BCUT2D eigenvalue weighted by atomic mass is 9.67. The highest BCUT2D eigenvalue weighted by atomic mass is 32.2. The third-order valence-corrected chi connectivity index (χ3v) is 6.46. The third kappa shape index (κ3) is 2.38. The maximum Gasteiger partial charge on any atom is 0.151 e. The maximum atomic E-state index is 11.3. The molecule has 1 saturated heterocycles. The highest BCUT2D eigenvalue weighted by molar-refractivity contribution is 7.92. The second kappa shape index (κ2) is 4.23. The van der Waals surface area contributed by atoms with Gasteiger partial charge in [-0.05, 0) is 30.4 Å². The SMILES string of the molecule is CC(C)c1ccccc1NC1CC2(C1)CS(=O)(=O)C2. The molecular weight excluding hydrogens is 258 g/mol. The van der Waals surface area contributed by atoms with Crippen molar-refractivity contribution < 1.29 is 8.42 Å². The zero-order valence-electron chi connectivity index (χ0n) is 11.5. The predicted molar refractivity (Wildman–Crippen MR) is 78.3 cm³/mol. The quantitative estimate of drug-likeness (QED) is 0.925. The average molecular weight is 279 g/mol. The van der Waals surface area contributed by atoms with Crippen molar-refractivity contribution in [3.05, 3.63) is 29.8 Å². The largest absolute Gasteiger partial charge is 0.382 e. The van der Waals surface area contributed by atoms with Gasteiger partial charge in [0.1, 0.15) is 0 Å². The molecule has 1 aromatic carbocycles. The summed E-state index contributed by atoms with van der Waals surface area (Å²) >= 11 is 0.